The minimum Gasteiger partial charge on any atom is -0.397 e. The standard InChI is InChI=1S/C37H39BrN2OS/c1-36-18-7-6-10-23(36)13-16-25-27(36)17-19-37(2)28(25)20-26-29(21-8-4-3-5-9-21)30-31(39)33(42-35(30)40-34(26)37)32(41)22-11-14-24(38)15-12-22/h3-5,8-9,11-12,14-15,23,25,27-28H,6-7,10,13,16-20,39H2,1-2H3/t23-,25+,27-,28-,36+,37+/m1/s1. The zero-order chi connectivity index (χ0) is 28.8. The third-order valence-electron chi connectivity index (χ3n) is 12.3. The molecule has 3 saturated carbocycles. The Hall–Kier alpha value is -2.50. The molecule has 0 saturated heterocycles. The summed E-state index contributed by atoms with van der Waals surface area (Å²) in [7, 11) is 0. The Morgan fingerprint density at radius 1 is 0.952 bits per heavy atom. The van der Waals surface area contributed by atoms with Crippen molar-refractivity contribution in [2.24, 2.45) is 29.1 Å². The summed E-state index contributed by atoms with van der Waals surface area (Å²) in [5.41, 5.74) is 13.9. The van der Waals surface area contributed by atoms with Gasteiger partial charge in [-0.1, -0.05) is 73.0 Å². The van der Waals surface area contributed by atoms with E-state index in [2.05, 4.69) is 60.1 Å². The molecule has 3 fully saturated rings. The predicted molar refractivity (Wildman–Crippen MR) is 177 cm³/mol. The summed E-state index contributed by atoms with van der Waals surface area (Å²) in [5, 5.41) is 0.979. The number of nitrogen functional groups attached to an aromatic ring is 1. The van der Waals surface area contributed by atoms with E-state index in [4.69, 9.17) is 10.7 Å². The van der Waals surface area contributed by atoms with Gasteiger partial charge >= 0.3 is 0 Å². The first-order valence-electron chi connectivity index (χ1n) is 15.9. The summed E-state index contributed by atoms with van der Waals surface area (Å²) in [4.78, 5) is 20.7. The van der Waals surface area contributed by atoms with Gasteiger partial charge in [0.2, 0.25) is 5.78 Å². The third-order valence-corrected chi connectivity index (χ3v) is 13.9. The van der Waals surface area contributed by atoms with E-state index in [-0.39, 0.29) is 11.2 Å². The fourth-order valence-electron chi connectivity index (χ4n) is 10.2. The molecule has 2 aromatic heterocycles. The molecule has 2 aromatic carbocycles. The average Bonchev–Trinajstić information content (AvgIpc) is 3.49. The fourth-order valence-corrected chi connectivity index (χ4v) is 11.5. The Morgan fingerprint density at radius 3 is 2.52 bits per heavy atom. The fraction of sp³-hybridized carbons (Fsp3) is 0.459. The van der Waals surface area contributed by atoms with Crippen molar-refractivity contribution in [1.29, 1.82) is 0 Å². The number of hydrogen-bond acceptors (Lipinski definition) is 4. The van der Waals surface area contributed by atoms with Gasteiger partial charge in [0.15, 0.2) is 0 Å². The van der Waals surface area contributed by atoms with E-state index >= 15 is 0 Å². The monoisotopic (exact) mass is 638 g/mol. The minimum absolute atomic E-state index is 0.0238. The first kappa shape index (κ1) is 27.1. The second-order valence-electron chi connectivity index (χ2n) is 14.1. The van der Waals surface area contributed by atoms with Crippen LogP contribution >= 0.6 is 27.3 Å². The minimum atomic E-state index is -0.0238. The van der Waals surface area contributed by atoms with Gasteiger partial charge in [-0.05, 0) is 115 Å². The van der Waals surface area contributed by atoms with Gasteiger partial charge in [0, 0.05) is 20.8 Å². The summed E-state index contributed by atoms with van der Waals surface area (Å²) in [6.07, 6.45) is 12.1. The molecule has 5 heteroatoms. The molecule has 6 atom stereocenters. The average molecular weight is 640 g/mol. The van der Waals surface area contributed by atoms with Crippen LogP contribution in [0.15, 0.2) is 59.1 Å². The maximum absolute atomic E-state index is 13.7. The number of fused-ring (bicyclic) bond motifs is 8. The number of thiophene rings is 1. The lowest BCUT2D eigenvalue weighted by Crippen LogP contribution is -2.53. The largest absolute Gasteiger partial charge is 0.397 e. The highest BCUT2D eigenvalue weighted by Gasteiger charge is 2.59. The summed E-state index contributed by atoms with van der Waals surface area (Å²) in [5.74, 6) is 3.13. The van der Waals surface area contributed by atoms with Crippen molar-refractivity contribution >= 4 is 49.0 Å². The molecule has 2 heterocycles. The molecule has 4 aliphatic carbocycles. The highest BCUT2D eigenvalue weighted by molar-refractivity contribution is 9.10. The summed E-state index contributed by atoms with van der Waals surface area (Å²) in [6.45, 7) is 5.18. The Bertz CT molecular complexity index is 1710. The molecule has 2 N–H and O–H groups in total. The number of aromatic nitrogens is 1. The topological polar surface area (TPSA) is 56.0 Å². The van der Waals surface area contributed by atoms with Crippen LogP contribution < -0.4 is 5.73 Å². The molecule has 216 valence electrons. The van der Waals surface area contributed by atoms with E-state index in [1.54, 1.807) is 0 Å². The third kappa shape index (κ3) is 3.81. The van der Waals surface area contributed by atoms with Crippen molar-refractivity contribution < 1.29 is 4.79 Å². The zero-order valence-electron chi connectivity index (χ0n) is 24.6. The number of nitrogens with two attached hydrogens (primary N) is 1. The Balaban J connectivity index is 1.28. The highest BCUT2D eigenvalue weighted by Crippen LogP contribution is 2.66. The molecule has 0 bridgehead atoms. The van der Waals surface area contributed by atoms with Gasteiger partial charge in [-0.3, -0.25) is 4.79 Å². The molecule has 8 rings (SSSR count). The van der Waals surface area contributed by atoms with Crippen LogP contribution in [0.1, 0.15) is 91.7 Å². The molecule has 3 nitrogen and oxygen atoms in total. The Kier molecular flexibility index (Phi) is 6.29. The first-order valence-corrected chi connectivity index (χ1v) is 17.5. The lowest BCUT2D eigenvalue weighted by Gasteiger charge is -2.59. The van der Waals surface area contributed by atoms with Crippen LogP contribution in [0.4, 0.5) is 5.69 Å². The van der Waals surface area contributed by atoms with Crippen LogP contribution in [-0.2, 0) is 11.8 Å². The van der Waals surface area contributed by atoms with Crippen molar-refractivity contribution in [3.05, 3.63) is 80.8 Å². The number of ketones is 1. The number of rotatable bonds is 3. The van der Waals surface area contributed by atoms with E-state index in [9.17, 15) is 4.79 Å². The van der Waals surface area contributed by atoms with Crippen LogP contribution in [0.25, 0.3) is 21.3 Å². The molecule has 0 spiro atoms. The van der Waals surface area contributed by atoms with E-state index in [1.807, 2.05) is 24.3 Å². The molecule has 0 aliphatic heterocycles. The Labute approximate surface area is 261 Å². The van der Waals surface area contributed by atoms with Gasteiger partial charge in [-0.25, -0.2) is 4.98 Å². The van der Waals surface area contributed by atoms with Crippen LogP contribution in [0, 0.1) is 29.1 Å². The molecular weight excluding hydrogens is 600 g/mol. The van der Waals surface area contributed by atoms with Crippen molar-refractivity contribution in [2.75, 3.05) is 5.73 Å². The lowest BCUT2D eigenvalue weighted by molar-refractivity contribution is -0.0907. The second kappa shape index (κ2) is 9.75. The quantitative estimate of drug-likeness (QED) is 0.227. The maximum atomic E-state index is 13.7. The van der Waals surface area contributed by atoms with E-state index in [1.165, 1.54) is 85.1 Å². The van der Waals surface area contributed by atoms with Gasteiger partial charge < -0.3 is 5.73 Å². The van der Waals surface area contributed by atoms with Crippen molar-refractivity contribution in [2.45, 2.75) is 77.0 Å². The van der Waals surface area contributed by atoms with Crippen LogP contribution in [0.5, 0.6) is 0 Å². The molecule has 0 unspecified atom stereocenters. The molecular formula is C37H39BrN2OS. The van der Waals surface area contributed by atoms with Gasteiger partial charge in [-0.2, -0.15) is 0 Å². The number of halogens is 1. The summed E-state index contributed by atoms with van der Waals surface area (Å²) < 4.78 is 0.955. The lowest BCUT2D eigenvalue weighted by atomic mass is 9.45. The predicted octanol–water partition coefficient (Wildman–Crippen LogP) is 9.99. The zero-order valence-corrected chi connectivity index (χ0v) is 27.0. The van der Waals surface area contributed by atoms with Gasteiger partial charge in [0.05, 0.1) is 11.4 Å². The van der Waals surface area contributed by atoms with E-state index in [0.29, 0.717) is 27.5 Å². The number of carbonyl (C=O) groups is 1. The van der Waals surface area contributed by atoms with Crippen LogP contribution in [-0.4, -0.2) is 10.8 Å². The van der Waals surface area contributed by atoms with Crippen molar-refractivity contribution in [3.8, 4) is 11.1 Å². The molecule has 42 heavy (non-hydrogen) atoms. The normalized spacial score (nSPS) is 31.7. The smallest absolute Gasteiger partial charge is 0.205 e. The SMILES string of the molecule is C[C@]12CCCC[C@@H]1CC[C@H]1[C@H]2CC[C@]2(C)c3nc4sc(C(=O)c5ccc(Br)cc5)c(N)c4c(-c4ccccc4)c3C[C@H]12. The van der Waals surface area contributed by atoms with Crippen LogP contribution in [0.2, 0.25) is 0 Å². The number of benzene rings is 2. The maximum Gasteiger partial charge on any atom is 0.205 e. The van der Waals surface area contributed by atoms with Crippen molar-refractivity contribution in [1.82, 2.24) is 4.98 Å². The number of carbonyl (C=O) groups excluding carboxylic acids is 1. The molecule has 0 amide bonds. The summed E-state index contributed by atoms with van der Waals surface area (Å²) >= 11 is 4.97. The highest BCUT2D eigenvalue weighted by atomic mass is 79.9. The first-order chi connectivity index (χ1) is 20.3. The molecule has 4 aliphatic rings. The number of pyridine rings is 1. The van der Waals surface area contributed by atoms with Gasteiger partial charge in [-0.15, -0.1) is 11.3 Å². The molecule has 4 aromatic rings. The van der Waals surface area contributed by atoms with Gasteiger partial charge in [0.1, 0.15) is 9.71 Å². The number of hydrogen-bond donors (Lipinski definition) is 1. The molecule has 0 radical (unpaired) electrons. The van der Waals surface area contributed by atoms with E-state index in [0.717, 1.165) is 38.9 Å². The van der Waals surface area contributed by atoms with E-state index < -0.39 is 0 Å². The Morgan fingerprint density at radius 2 is 1.74 bits per heavy atom. The number of anilines is 1. The number of nitrogens with zero attached hydrogens (tertiary/aromatic N) is 1. The van der Waals surface area contributed by atoms with Crippen molar-refractivity contribution in [3.63, 3.8) is 0 Å². The second-order valence-corrected chi connectivity index (χ2v) is 16.0. The van der Waals surface area contributed by atoms with Crippen LogP contribution in [0.3, 0.4) is 0 Å². The van der Waals surface area contributed by atoms with Gasteiger partial charge in [0.25, 0.3) is 0 Å². The summed E-state index contributed by atoms with van der Waals surface area (Å²) in [6, 6.07) is 18.3.